The van der Waals surface area contributed by atoms with Crippen LogP contribution in [0.1, 0.15) is 96.3 Å². The van der Waals surface area contributed by atoms with E-state index in [1.807, 2.05) is 18.6 Å². The monoisotopic (exact) mass is 593 g/mol. The largest absolute Gasteiger partial charge is 0.487 e. The lowest BCUT2D eigenvalue weighted by atomic mass is 9.87. The van der Waals surface area contributed by atoms with Crippen LogP contribution in [0.25, 0.3) is 0 Å². The second kappa shape index (κ2) is 14.7. The molecule has 1 amide bonds. The molecule has 1 aliphatic rings. The van der Waals surface area contributed by atoms with E-state index in [0.717, 1.165) is 73.8 Å². The Morgan fingerprint density at radius 1 is 0.952 bits per heavy atom. The van der Waals surface area contributed by atoms with Crippen LogP contribution in [0.3, 0.4) is 0 Å². The molecule has 0 aliphatic carbocycles. The van der Waals surface area contributed by atoms with Gasteiger partial charge in [0.2, 0.25) is 0 Å². The van der Waals surface area contributed by atoms with E-state index < -0.39 is 16.1 Å². The molecule has 1 N–H and O–H groups in total. The summed E-state index contributed by atoms with van der Waals surface area (Å²) < 4.78 is 38.9. The number of fused-ring (bicyclic) bond motifs is 1. The smallest absolute Gasteiger partial charge is 0.426 e. The van der Waals surface area contributed by atoms with Crippen molar-refractivity contribution in [1.29, 1.82) is 0 Å². The predicted octanol–water partition coefficient (Wildman–Crippen LogP) is 9.06. The molecular weight excluding hydrogens is 546 g/mol. The predicted molar refractivity (Wildman–Crippen MR) is 171 cm³/mol. The molecule has 2 aromatic rings. The molecule has 1 aliphatic heterocycles. The van der Waals surface area contributed by atoms with E-state index in [0.29, 0.717) is 0 Å². The Bertz CT molecular complexity index is 1450. The SMILES string of the molecule is CC(C)=CCCC(C)=CCCC(C)=CCC[C@]1(C)CCc2cc(OC(=O)NS(=O)(=O)c3ccc(C)cc3)cc(C)c2O1. The second-order valence-corrected chi connectivity index (χ2v) is 13.8. The highest BCUT2D eigenvalue weighted by Crippen LogP contribution is 2.40. The maximum atomic E-state index is 12.5. The maximum absolute atomic E-state index is 12.5. The van der Waals surface area contributed by atoms with Crippen molar-refractivity contribution in [3.63, 3.8) is 0 Å². The summed E-state index contributed by atoms with van der Waals surface area (Å²) in [6, 6.07) is 9.72. The average molecular weight is 594 g/mol. The third kappa shape index (κ3) is 10.2. The number of amides is 1. The molecule has 0 bridgehead atoms. The summed E-state index contributed by atoms with van der Waals surface area (Å²) >= 11 is 0. The number of sulfonamides is 1. The number of carbonyl (C=O) groups excluding carboxylic acids is 1. The van der Waals surface area contributed by atoms with Crippen LogP contribution in [0.5, 0.6) is 11.5 Å². The van der Waals surface area contributed by atoms with Gasteiger partial charge in [-0.25, -0.2) is 17.9 Å². The number of hydrogen-bond donors (Lipinski definition) is 1. The van der Waals surface area contributed by atoms with Gasteiger partial charge in [-0.15, -0.1) is 0 Å². The van der Waals surface area contributed by atoms with Gasteiger partial charge in [-0.3, -0.25) is 0 Å². The van der Waals surface area contributed by atoms with Crippen LogP contribution in [-0.4, -0.2) is 20.1 Å². The van der Waals surface area contributed by atoms with E-state index in [9.17, 15) is 13.2 Å². The van der Waals surface area contributed by atoms with Gasteiger partial charge in [-0.1, -0.05) is 52.6 Å². The first-order valence-electron chi connectivity index (χ1n) is 14.8. The summed E-state index contributed by atoms with van der Waals surface area (Å²) in [6.45, 7) is 14.6. The summed E-state index contributed by atoms with van der Waals surface area (Å²) in [6.07, 6.45) is 13.8. The first kappa shape index (κ1) is 33.2. The van der Waals surface area contributed by atoms with Crippen molar-refractivity contribution < 1.29 is 22.7 Å². The van der Waals surface area contributed by atoms with Crippen molar-refractivity contribution in [2.75, 3.05) is 0 Å². The zero-order valence-electron chi connectivity index (χ0n) is 26.3. The summed E-state index contributed by atoms with van der Waals surface area (Å²) in [5.74, 6) is 1.10. The van der Waals surface area contributed by atoms with Gasteiger partial charge in [0.05, 0.1) is 4.90 Å². The van der Waals surface area contributed by atoms with E-state index in [1.54, 1.807) is 24.3 Å². The van der Waals surface area contributed by atoms with Crippen LogP contribution >= 0.6 is 0 Å². The second-order valence-electron chi connectivity index (χ2n) is 12.1. The summed E-state index contributed by atoms with van der Waals surface area (Å²) in [7, 11) is -4.03. The number of rotatable bonds is 12. The molecule has 42 heavy (non-hydrogen) atoms. The number of allylic oxidation sites excluding steroid dienone is 6. The topological polar surface area (TPSA) is 81.7 Å². The van der Waals surface area contributed by atoms with Crippen LogP contribution in [0, 0.1) is 13.8 Å². The normalized spacial score (nSPS) is 17.2. The molecule has 2 aromatic carbocycles. The molecule has 0 radical (unpaired) electrons. The standard InChI is InChI=1S/C35H47NO5S/c1-25(2)11-8-12-26(3)13-9-14-27(4)15-10-21-35(7)22-20-30-24-31(23-29(6)33(30)41-35)40-34(37)36-42(38,39)32-18-16-28(5)17-19-32/h11,13,15-19,23-24H,8-10,12,14,20-22H2,1-7H3,(H,36,37)/t35-/m1/s1. The molecule has 0 aromatic heterocycles. The lowest BCUT2D eigenvalue weighted by molar-refractivity contribution is 0.0561. The Morgan fingerprint density at radius 3 is 2.21 bits per heavy atom. The lowest BCUT2D eigenvalue weighted by Gasteiger charge is -2.37. The molecule has 0 saturated carbocycles. The Labute approximate surface area is 253 Å². The first-order chi connectivity index (χ1) is 19.8. The summed E-state index contributed by atoms with van der Waals surface area (Å²) in [5.41, 5.74) is 6.69. The van der Waals surface area contributed by atoms with Gasteiger partial charge in [0.1, 0.15) is 17.1 Å². The fraction of sp³-hybridized carbons (Fsp3) is 0.457. The van der Waals surface area contributed by atoms with E-state index in [2.05, 4.69) is 52.8 Å². The van der Waals surface area contributed by atoms with Crippen molar-refractivity contribution in [2.24, 2.45) is 0 Å². The highest BCUT2D eigenvalue weighted by molar-refractivity contribution is 7.90. The number of benzene rings is 2. The van der Waals surface area contributed by atoms with Crippen molar-refractivity contribution in [1.82, 2.24) is 4.72 Å². The molecule has 0 unspecified atom stereocenters. The van der Waals surface area contributed by atoms with Gasteiger partial charge >= 0.3 is 6.09 Å². The Morgan fingerprint density at radius 2 is 1.57 bits per heavy atom. The zero-order chi connectivity index (χ0) is 30.9. The Balaban J connectivity index is 1.52. The molecule has 7 heteroatoms. The molecule has 1 atom stereocenters. The molecule has 0 fully saturated rings. The third-order valence-corrected chi connectivity index (χ3v) is 8.97. The van der Waals surface area contributed by atoms with Crippen LogP contribution in [0.4, 0.5) is 4.79 Å². The zero-order valence-corrected chi connectivity index (χ0v) is 27.1. The number of nitrogens with one attached hydrogen (secondary N) is 1. The number of aryl methyl sites for hydroxylation is 3. The van der Waals surface area contributed by atoms with Crippen molar-refractivity contribution in [3.8, 4) is 11.5 Å². The van der Waals surface area contributed by atoms with Crippen LogP contribution in [0.2, 0.25) is 0 Å². The molecule has 1 heterocycles. The molecule has 0 saturated heterocycles. The van der Waals surface area contributed by atoms with Gasteiger partial charge in [0.25, 0.3) is 10.0 Å². The summed E-state index contributed by atoms with van der Waals surface area (Å²) in [4.78, 5) is 12.4. The minimum absolute atomic E-state index is 0.00190. The minimum atomic E-state index is -4.03. The fourth-order valence-corrected chi connectivity index (χ4v) is 5.92. The minimum Gasteiger partial charge on any atom is -0.487 e. The Hall–Kier alpha value is -3.32. The lowest BCUT2D eigenvalue weighted by Crippen LogP contribution is -2.36. The maximum Gasteiger partial charge on any atom is 0.426 e. The number of carbonyl (C=O) groups is 1. The fourth-order valence-electron chi connectivity index (χ4n) is 5.05. The molecule has 0 spiro atoms. The molecule has 228 valence electrons. The van der Waals surface area contributed by atoms with Crippen molar-refractivity contribution in [3.05, 3.63) is 88.0 Å². The summed E-state index contributed by atoms with van der Waals surface area (Å²) in [5, 5.41) is 0. The van der Waals surface area contributed by atoms with Gasteiger partial charge in [0.15, 0.2) is 0 Å². The quantitative estimate of drug-likeness (QED) is 0.248. The van der Waals surface area contributed by atoms with Crippen LogP contribution in [-0.2, 0) is 16.4 Å². The Kier molecular flexibility index (Phi) is 11.6. The molecule has 3 rings (SSSR count). The van der Waals surface area contributed by atoms with E-state index in [-0.39, 0.29) is 16.2 Å². The van der Waals surface area contributed by atoms with Crippen molar-refractivity contribution in [2.45, 2.75) is 110 Å². The molecule has 6 nitrogen and oxygen atoms in total. The van der Waals surface area contributed by atoms with E-state index in [4.69, 9.17) is 9.47 Å². The van der Waals surface area contributed by atoms with E-state index in [1.165, 1.54) is 28.9 Å². The van der Waals surface area contributed by atoms with Gasteiger partial charge in [-0.2, -0.15) is 0 Å². The van der Waals surface area contributed by atoms with Gasteiger partial charge < -0.3 is 9.47 Å². The first-order valence-corrected chi connectivity index (χ1v) is 16.3. The third-order valence-electron chi connectivity index (χ3n) is 7.64. The highest BCUT2D eigenvalue weighted by atomic mass is 32.2. The van der Waals surface area contributed by atoms with Crippen LogP contribution < -0.4 is 14.2 Å². The highest BCUT2D eigenvalue weighted by Gasteiger charge is 2.32. The number of hydrogen-bond acceptors (Lipinski definition) is 5. The molecular formula is C35H47NO5S. The van der Waals surface area contributed by atoms with Crippen molar-refractivity contribution >= 4 is 16.1 Å². The van der Waals surface area contributed by atoms with Gasteiger partial charge in [-0.05, 0) is 135 Å². The van der Waals surface area contributed by atoms with Crippen LogP contribution in [0.15, 0.2) is 76.2 Å². The number of ether oxygens (including phenoxy) is 2. The average Bonchev–Trinajstić information content (AvgIpc) is 2.89. The van der Waals surface area contributed by atoms with Gasteiger partial charge in [0, 0.05) is 0 Å². The van der Waals surface area contributed by atoms with E-state index >= 15 is 0 Å².